The van der Waals surface area contributed by atoms with Crippen molar-refractivity contribution in [2.45, 2.75) is 50.6 Å². The molecular weight excluding hydrogens is 701 g/mol. The zero-order valence-electron chi connectivity index (χ0n) is 31.2. The number of carbonyl (C=O) groups excluding carboxylic acids is 3. The van der Waals surface area contributed by atoms with Crippen molar-refractivity contribution < 1.29 is 14.4 Å². The highest BCUT2D eigenvalue weighted by Gasteiger charge is 2.32. The van der Waals surface area contributed by atoms with Crippen LogP contribution in [0.5, 0.6) is 0 Å². The lowest BCUT2D eigenvalue weighted by Crippen LogP contribution is -2.49. The third-order valence-corrected chi connectivity index (χ3v) is 11.7. The van der Waals surface area contributed by atoms with E-state index in [2.05, 4.69) is 47.8 Å². The Morgan fingerprint density at radius 2 is 1.69 bits per heavy atom. The largest absolute Gasteiger partial charge is 0.385 e. The average Bonchev–Trinajstić information content (AvgIpc) is 3.86. The predicted molar refractivity (Wildman–Crippen MR) is 208 cm³/mol. The van der Waals surface area contributed by atoms with Gasteiger partial charge >= 0.3 is 5.69 Å². The quantitative estimate of drug-likeness (QED) is 0.190. The molecule has 5 aromatic rings. The van der Waals surface area contributed by atoms with E-state index in [1.165, 1.54) is 4.57 Å². The van der Waals surface area contributed by atoms with E-state index in [1.807, 2.05) is 37.4 Å². The summed E-state index contributed by atoms with van der Waals surface area (Å²) in [7, 11) is 3.57. The van der Waals surface area contributed by atoms with Crippen LogP contribution in [0.25, 0.3) is 28.1 Å². The Kier molecular flexibility index (Phi) is 8.99. The molecule has 3 amide bonds. The number of imide groups is 1. The number of fused-ring (bicyclic) bond motifs is 2. The minimum atomic E-state index is -0.687. The number of carbonyl (C=O) groups is 3. The molecule has 4 aliphatic rings. The van der Waals surface area contributed by atoms with E-state index in [0.29, 0.717) is 34.9 Å². The van der Waals surface area contributed by atoms with Gasteiger partial charge in [-0.05, 0) is 74.4 Å². The van der Waals surface area contributed by atoms with Crippen LogP contribution < -0.4 is 31.4 Å². The fraction of sp³-hybridized carbons (Fsp3) is 0.462. The Morgan fingerprint density at radius 1 is 0.891 bits per heavy atom. The predicted octanol–water partition coefficient (Wildman–Crippen LogP) is 2.39. The first-order valence-electron chi connectivity index (χ1n) is 19.4. The van der Waals surface area contributed by atoms with Gasteiger partial charge in [0, 0.05) is 78.1 Å². The second kappa shape index (κ2) is 14.1. The zero-order chi connectivity index (χ0) is 37.8. The number of rotatable bonds is 9. The molecule has 0 bridgehead atoms. The maximum Gasteiger partial charge on any atom is 0.329 e. The number of aromatic nitrogens is 6. The van der Waals surface area contributed by atoms with E-state index in [-0.39, 0.29) is 30.0 Å². The molecular formula is C39H46N12O4. The van der Waals surface area contributed by atoms with Gasteiger partial charge in [-0.1, -0.05) is 6.07 Å². The van der Waals surface area contributed by atoms with Crippen molar-refractivity contribution in [2.75, 3.05) is 68.0 Å². The molecule has 55 heavy (non-hydrogen) atoms. The van der Waals surface area contributed by atoms with Crippen molar-refractivity contribution in [3.05, 3.63) is 64.8 Å². The summed E-state index contributed by atoms with van der Waals surface area (Å²) >= 11 is 0. The van der Waals surface area contributed by atoms with Crippen LogP contribution in [0.15, 0.2) is 53.5 Å². The number of anilines is 3. The van der Waals surface area contributed by atoms with Crippen molar-refractivity contribution in [1.29, 1.82) is 0 Å². The van der Waals surface area contributed by atoms with Gasteiger partial charge in [0.25, 0.3) is 5.91 Å². The topological polar surface area (TPSA) is 167 Å². The molecule has 16 nitrogen and oxygen atoms in total. The van der Waals surface area contributed by atoms with Gasteiger partial charge in [-0.2, -0.15) is 5.10 Å². The number of amides is 3. The molecule has 1 saturated carbocycles. The second-order valence-corrected chi connectivity index (χ2v) is 15.3. The summed E-state index contributed by atoms with van der Waals surface area (Å²) in [6, 6.07) is 13.5. The van der Waals surface area contributed by atoms with Gasteiger partial charge in [0.15, 0.2) is 11.3 Å². The van der Waals surface area contributed by atoms with Crippen LogP contribution in [0, 0.1) is 5.92 Å². The summed E-state index contributed by atoms with van der Waals surface area (Å²) in [6.45, 7) is 6.63. The Morgan fingerprint density at radius 3 is 2.44 bits per heavy atom. The Labute approximate surface area is 317 Å². The van der Waals surface area contributed by atoms with Crippen molar-refractivity contribution in [3.63, 3.8) is 0 Å². The molecule has 1 aliphatic carbocycles. The third kappa shape index (κ3) is 6.68. The number of hydrogen-bond donors (Lipinski definition) is 3. The SMILES string of the molecule is CNc1cc(-c2cccc(N3CCN(CC4CCN(c5ccc6c(c5)n(C)c(=O)n6C5CCC(=O)NC5=O)CC4)CC3)n2)nn2c(C(=O)NC3CC3)cnc12. The molecule has 3 saturated heterocycles. The van der Waals surface area contributed by atoms with E-state index < -0.39 is 11.9 Å². The van der Waals surface area contributed by atoms with Crippen molar-refractivity contribution in [2.24, 2.45) is 13.0 Å². The zero-order valence-corrected chi connectivity index (χ0v) is 31.2. The summed E-state index contributed by atoms with van der Waals surface area (Å²) < 4.78 is 4.75. The molecule has 9 rings (SSSR count). The van der Waals surface area contributed by atoms with E-state index >= 15 is 0 Å². The van der Waals surface area contributed by atoms with Gasteiger partial charge in [0.05, 0.1) is 28.6 Å². The highest BCUT2D eigenvalue weighted by Crippen LogP contribution is 2.30. The van der Waals surface area contributed by atoms with Gasteiger partial charge in [-0.25, -0.2) is 19.3 Å². The summed E-state index contributed by atoms with van der Waals surface area (Å²) in [5.41, 5.74) is 5.50. The normalized spacial score (nSPS) is 20.0. The Balaban J connectivity index is 0.813. The van der Waals surface area contributed by atoms with Crippen LogP contribution in [0.4, 0.5) is 17.2 Å². The number of nitrogens with zero attached hydrogens (tertiary/aromatic N) is 9. The molecule has 1 atom stereocenters. The molecule has 1 aromatic carbocycles. The average molecular weight is 747 g/mol. The molecule has 7 heterocycles. The van der Waals surface area contributed by atoms with Gasteiger partial charge in [-0.3, -0.25) is 33.7 Å². The van der Waals surface area contributed by atoms with E-state index in [4.69, 9.17) is 10.1 Å². The summed E-state index contributed by atoms with van der Waals surface area (Å²) in [4.78, 5) is 67.3. The molecule has 0 radical (unpaired) electrons. The number of pyridine rings is 1. The first-order valence-corrected chi connectivity index (χ1v) is 19.4. The second-order valence-electron chi connectivity index (χ2n) is 15.3. The van der Waals surface area contributed by atoms with Crippen molar-refractivity contribution in [3.8, 4) is 11.4 Å². The molecule has 3 N–H and O–H groups in total. The number of nitrogens with one attached hydrogen (secondary N) is 3. The van der Waals surface area contributed by atoms with Crippen molar-refractivity contribution in [1.82, 2.24) is 44.2 Å². The number of imidazole rings is 2. The summed E-state index contributed by atoms with van der Waals surface area (Å²) in [6.07, 6.45) is 6.31. The van der Waals surface area contributed by atoms with Crippen LogP contribution in [-0.4, -0.2) is 110 Å². The minimum Gasteiger partial charge on any atom is -0.385 e. The molecule has 1 unspecified atom stereocenters. The maximum absolute atomic E-state index is 13.2. The summed E-state index contributed by atoms with van der Waals surface area (Å²) in [5, 5.41) is 13.4. The molecule has 0 spiro atoms. The standard InChI is InChI=1S/C39H46N12O4/c1-40-29-21-28(45-51-33(22-41-36(29)51)38(54)42-25-6-7-25)27-4-3-5-34(43-27)49-18-16-47(17-19-49)23-24-12-14-48(15-13-24)26-8-9-30-32(20-26)46(2)39(55)50(30)31-10-11-35(52)44-37(31)53/h3-5,8-9,20-22,24-25,31,40H,6-7,10-19,23H2,1-2H3,(H,42,54)(H,44,52,53). The molecule has 286 valence electrons. The number of benzene rings is 1. The summed E-state index contributed by atoms with van der Waals surface area (Å²) in [5.74, 6) is 0.636. The van der Waals surface area contributed by atoms with Gasteiger partial charge in [0.1, 0.15) is 17.6 Å². The van der Waals surface area contributed by atoms with Gasteiger partial charge in [0.2, 0.25) is 11.8 Å². The van der Waals surface area contributed by atoms with Crippen LogP contribution in [-0.2, 0) is 16.6 Å². The number of hydrogen-bond acceptors (Lipinski definition) is 11. The first kappa shape index (κ1) is 35.0. The lowest BCUT2D eigenvalue weighted by molar-refractivity contribution is -0.135. The van der Waals surface area contributed by atoms with Gasteiger partial charge in [-0.15, -0.1) is 0 Å². The van der Waals surface area contributed by atoms with Crippen LogP contribution in [0.3, 0.4) is 0 Å². The van der Waals surface area contributed by atoms with Crippen LogP contribution in [0.1, 0.15) is 55.1 Å². The molecule has 3 aliphatic heterocycles. The monoisotopic (exact) mass is 746 g/mol. The maximum atomic E-state index is 13.2. The van der Waals surface area contributed by atoms with Crippen LogP contribution >= 0.6 is 0 Å². The lowest BCUT2D eigenvalue weighted by Gasteiger charge is -2.39. The molecule has 16 heteroatoms. The minimum absolute atomic E-state index is 0.167. The Bertz CT molecular complexity index is 2360. The lowest BCUT2D eigenvalue weighted by atomic mass is 9.95. The number of aryl methyl sites for hydroxylation is 1. The number of piperidine rings is 2. The highest BCUT2D eigenvalue weighted by atomic mass is 16.2. The first-order chi connectivity index (χ1) is 26.7. The highest BCUT2D eigenvalue weighted by molar-refractivity contribution is 6.00. The third-order valence-electron chi connectivity index (χ3n) is 11.7. The van der Waals surface area contributed by atoms with E-state index in [9.17, 15) is 19.2 Å². The fourth-order valence-corrected chi connectivity index (χ4v) is 8.34. The van der Waals surface area contributed by atoms with E-state index in [0.717, 1.165) is 99.9 Å². The Hall–Kier alpha value is -5.77. The fourth-order valence-electron chi connectivity index (χ4n) is 8.34. The van der Waals surface area contributed by atoms with E-state index in [1.54, 1.807) is 22.3 Å². The number of piperazine rings is 1. The molecule has 4 fully saturated rings. The van der Waals surface area contributed by atoms with Gasteiger partial charge < -0.3 is 20.4 Å². The van der Waals surface area contributed by atoms with Crippen LogP contribution in [0.2, 0.25) is 0 Å². The smallest absolute Gasteiger partial charge is 0.329 e. The molecule has 4 aromatic heterocycles. The van der Waals surface area contributed by atoms with Crippen molar-refractivity contribution >= 4 is 51.6 Å².